The fourth-order valence-corrected chi connectivity index (χ4v) is 3.85. The second kappa shape index (κ2) is 9.01. The molecule has 158 valence electrons. The minimum atomic E-state index is -0.191. The third kappa shape index (κ3) is 4.59. The van der Waals surface area contributed by atoms with Crippen LogP contribution in [0.1, 0.15) is 20.8 Å². The highest BCUT2D eigenvalue weighted by Gasteiger charge is 2.16. The number of methoxy groups -OCH3 is 2. The van der Waals surface area contributed by atoms with Crippen molar-refractivity contribution < 1.29 is 18.8 Å². The Bertz CT molecular complexity index is 1200. The zero-order valence-corrected chi connectivity index (χ0v) is 18.2. The molecule has 0 aliphatic heterocycles. The van der Waals surface area contributed by atoms with E-state index in [2.05, 4.69) is 15.5 Å². The number of aromatic nitrogens is 2. The Morgan fingerprint density at radius 2 is 1.87 bits per heavy atom. The maximum Gasteiger partial charge on any atom is 0.261 e. The van der Waals surface area contributed by atoms with Gasteiger partial charge in [-0.05, 0) is 49.4 Å². The lowest BCUT2D eigenvalue weighted by molar-refractivity contribution is 0.0954. The highest BCUT2D eigenvalue weighted by molar-refractivity contribution is 7.17. The number of hydrogen-bond donors (Lipinski definition) is 1. The van der Waals surface area contributed by atoms with Crippen LogP contribution in [-0.2, 0) is 6.54 Å². The highest BCUT2D eigenvalue weighted by Crippen LogP contribution is 2.29. The smallest absolute Gasteiger partial charge is 0.261 e. The summed E-state index contributed by atoms with van der Waals surface area (Å²) in [5, 5.41) is 6.97. The summed E-state index contributed by atoms with van der Waals surface area (Å²) in [7, 11) is 3.19. The molecule has 0 unspecified atom stereocenters. The number of ether oxygens (including phenoxy) is 2. The lowest BCUT2D eigenvalue weighted by Crippen LogP contribution is -2.22. The number of carbonyl (C=O) groups is 1. The van der Waals surface area contributed by atoms with E-state index in [4.69, 9.17) is 14.0 Å². The number of hydrogen-bond acceptors (Lipinski definition) is 7. The monoisotopic (exact) mass is 435 g/mol. The maximum absolute atomic E-state index is 12.6. The van der Waals surface area contributed by atoms with E-state index >= 15 is 0 Å². The maximum atomic E-state index is 12.6. The summed E-state index contributed by atoms with van der Waals surface area (Å²) in [6, 6.07) is 16.9. The van der Waals surface area contributed by atoms with Gasteiger partial charge < -0.3 is 19.3 Å². The number of carbonyl (C=O) groups excluding carboxylic acids is 1. The standard InChI is InChI=1S/C23H21N3O4S/c1-14-4-6-15(7-5-14)23-25-21(26-30-23)19-10-11-20(31-19)22(27)24-13-16-12-17(28-2)8-9-18(16)29-3/h4-12H,13H2,1-3H3,(H,24,27). The molecule has 0 fully saturated rings. The average molecular weight is 436 g/mol. The normalized spacial score (nSPS) is 10.7. The Hall–Kier alpha value is -3.65. The van der Waals surface area contributed by atoms with Crippen molar-refractivity contribution in [3.05, 3.63) is 70.6 Å². The van der Waals surface area contributed by atoms with E-state index in [-0.39, 0.29) is 5.91 Å². The Balaban J connectivity index is 1.45. The van der Waals surface area contributed by atoms with Gasteiger partial charge >= 0.3 is 0 Å². The SMILES string of the molecule is COc1ccc(OC)c(CNC(=O)c2ccc(-c3noc(-c4ccc(C)cc4)n3)s2)c1. The van der Waals surface area contributed by atoms with Crippen molar-refractivity contribution >= 4 is 17.2 Å². The van der Waals surface area contributed by atoms with E-state index < -0.39 is 0 Å². The third-order valence-corrected chi connectivity index (χ3v) is 5.78. The summed E-state index contributed by atoms with van der Waals surface area (Å²) in [5.74, 6) is 2.09. The molecule has 0 saturated carbocycles. The predicted molar refractivity (Wildman–Crippen MR) is 119 cm³/mol. The van der Waals surface area contributed by atoms with Crippen molar-refractivity contribution in [2.24, 2.45) is 0 Å². The fraction of sp³-hybridized carbons (Fsp3) is 0.174. The minimum absolute atomic E-state index is 0.191. The van der Waals surface area contributed by atoms with Gasteiger partial charge in [-0.1, -0.05) is 22.9 Å². The van der Waals surface area contributed by atoms with Crippen molar-refractivity contribution in [3.8, 4) is 33.7 Å². The van der Waals surface area contributed by atoms with Crippen LogP contribution in [0.15, 0.2) is 59.1 Å². The largest absolute Gasteiger partial charge is 0.497 e. The molecule has 1 amide bonds. The van der Waals surface area contributed by atoms with Gasteiger partial charge in [0.1, 0.15) is 11.5 Å². The van der Waals surface area contributed by atoms with Gasteiger partial charge in [-0.25, -0.2) is 0 Å². The van der Waals surface area contributed by atoms with Crippen molar-refractivity contribution in [1.82, 2.24) is 15.5 Å². The quantitative estimate of drug-likeness (QED) is 0.452. The van der Waals surface area contributed by atoms with Gasteiger partial charge in [-0.15, -0.1) is 11.3 Å². The number of benzene rings is 2. The van der Waals surface area contributed by atoms with Crippen molar-refractivity contribution in [2.45, 2.75) is 13.5 Å². The predicted octanol–water partition coefficient (Wildman–Crippen LogP) is 4.72. The molecule has 7 nitrogen and oxygen atoms in total. The van der Waals surface area contributed by atoms with Crippen LogP contribution in [0, 0.1) is 6.92 Å². The van der Waals surface area contributed by atoms with E-state index in [9.17, 15) is 4.79 Å². The van der Waals surface area contributed by atoms with E-state index in [1.165, 1.54) is 11.3 Å². The topological polar surface area (TPSA) is 86.5 Å². The third-order valence-electron chi connectivity index (χ3n) is 4.70. The van der Waals surface area contributed by atoms with Crippen LogP contribution in [-0.4, -0.2) is 30.3 Å². The van der Waals surface area contributed by atoms with E-state index in [1.54, 1.807) is 20.3 Å². The van der Waals surface area contributed by atoms with Gasteiger partial charge in [0, 0.05) is 17.7 Å². The van der Waals surface area contributed by atoms with Crippen LogP contribution in [0.3, 0.4) is 0 Å². The van der Waals surface area contributed by atoms with Crippen molar-refractivity contribution in [1.29, 1.82) is 0 Å². The van der Waals surface area contributed by atoms with Gasteiger partial charge in [0.15, 0.2) is 0 Å². The zero-order valence-electron chi connectivity index (χ0n) is 17.3. The first kappa shape index (κ1) is 20.6. The Morgan fingerprint density at radius 3 is 2.61 bits per heavy atom. The van der Waals surface area contributed by atoms with E-state index in [1.807, 2.05) is 55.5 Å². The number of rotatable bonds is 7. The first-order valence-corrected chi connectivity index (χ1v) is 10.4. The van der Waals surface area contributed by atoms with Crippen molar-refractivity contribution in [2.75, 3.05) is 14.2 Å². The van der Waals surface area contributed by atoms with Gasteiger partial charge in [-0.3, -0.25) is 4.79 Å². The summed E-state index contributed by atoms with van der Waals surface area (Å²) in [5.41, 5.74) is 2.84. The minimum Gasteiger partial charge on any atom is -0.497 e. The van der Waals surface area contributed by atoms with Crippen molar-refractivity contribution in [3.63, 3.8) is 0 Å². The van der Waals surface area contributed by atoms with E-state index in [0.29, 0.717) is 34.6 Å². The Morgan fingerprint density at radius 1 is 1.06 bits per heavy atom. The second-order valence-corrected chi connectivity index (χ2v) is 7.90. The molecular formula is C23H21N3O4S. The lowest BCUT2D eigenvalue weighted by Gasteiger charge is -2.11. The summed E-state index contributed by atoms with van der Waals surface area (Å²) < 4.78 is 16.0. The molecular weight excluding hydrogens is 414 g/mol. The van der Waals surface area contributed by atoms with E-state index in [0.717, 1.165) is 21.6 Å². The molecule has 0 radical (unpaired) electrons. The molecule has 0 aliphatic carbocycles. The fourth-order valence-electron chi connectivity index (χ4n) is 3.00. The molecule has 0 atom stereocenters. The zero-order chi connectivity index (χ0) is 21.8. The Labute approximate surface area is 183 Å². The summed E-state index contributed by atoms with van der Waals surface area (Å²) in [6.07, 6.45) is 0. The molecule has 0 spiro atoms. The molecule has 2 aromatic heterocycles. The molecule has 8 heteroatoms. The lowest BCUT2D eigenvalue weighted by atomic mass is 10.1. The van der Waals surface area contributed by atoms with Gasteiger partial charge in [0.05, 0.1) is 24.0 Å². The van der Waals surface area contributed by atoms with Crippen LogP contribution < -0.4 is 14.8 Å². The molecule has 0 aliphatic rings. The summed E-state index contributed by atoms with van der Waals surface area (Å²) in [4.78, 5) is 18.4. The first-order valence-electron chi connectivity index (χ1n) is 9.57. The van der Waals surface area contributed by atoms with Crippen LogP contribution >= 0.6 is 11.3 Å². The highest BCUT2D eigenvalue weighted by atomic mass is 32.1. The molecule has 31 heavy (non-hydrogen) atoms. The summed E-state index contributed by atoms with van der Waals surface area (Å²) in [6.45, 7) is 2.33. The molecule has 4 rings (SSSR count). The molecule has 2 heterocycles. The number of thiophene rings is 1. The second-order valence-electron chi connectivity index (χ2n) is 6.81. The Kier molecular flexibility index (Phi) is 5.99. The molecule has 2 aromatic carbocycles. The number of nitrogens with zero attached hydrogens (tertiary/aromatic N) is 2. The number of aryl methyl sites for hydroxylation is 1. The first-order chi connectivity index (χ1) is 15.1. The van der Waals surface area contributed by atoms with Crippen LogP contribution in [0.5, 0.6) is 11.5 Å². The molecule has 4 aromatic rings. The molecule has 0 bridgehead atoms. The van der Waals surface area contributed by atoms with Gasteiger partial charge in [0.25, 0.3) is 11.8 Å². The summed E-state index contributed by atoms with van der Waals surface area (Å²) >= 11 is 1.30. The number of amides is 1. The van der Waals surface area contributed by atoms with Gasteiger partial charge in [-0.2, -0.15) is 4.98 Å². The van der Waals surface area contributed by atoms with Crippen LogP contribution in [0.2, 0.25) is 0 Å². The average Bonchev–Trinajstić information content (AvgIpc) is 3.47. The van der Waals surface area contributed by atoms with Crippen LogP contribution in [0.4, 0.5) is 0 Å². The molecule has 1 N–H and O–H groups in total. The van der Waals surface area contributed by atoms with Crippen LogP contribution in [0.25, 0.3) is 22.2 Å². The molecule has 0 saturated heterocycles. The van der Waals surface area contributed by atoms with Gasteiger partial charge in [0.2, 0.25) is 5.82 Å². The number of nitrogens with one attached hydrogen (secondary N) is 1.